The summed E-state index contributed by atoms with van der Waals surface area (Å²) in [6.45, 7) is 0. The van der Waals surface area contributed by atoms with Gasteiger partial charge in [0.05, 0.1) is 21.3 Å². The Labute approximate surface area is 228 Å². The fraction of sp³-hybridized carbons (Fsp3) is 0.0833. The Bertz CT molecular complexity index is 1840. The van der Waals surface area contributed by atoms with Gasteiger partial charge in [0.1, 0.15) is 4.90 Å². The molecule has 0 saturated carbocycles. The molecule has 1 aliphatic rings. The van der Waals surface area contributed by atoms with Crippen molar-refractivity contribution >= 4 is 54.8 Å². The molecule has 1 aliphatic carbocycles. The highest BCUT2D eigenvalue weighted by atomic mass is 35.5. The van der Waals surface area contributed by atoms with Gasteiger partial charge in [-0.05, 0) is 73.0 Å². The second-order valence-corrected chi connectivity index (χ2v) is 12.6. The molecule has 1 amide bonds. The molecule has 0 aliphatic heterocycles. The first-order valence-corrected chi connectivity index (χ1v) is 14.8. The largest absolute Gasteiger partial charge is 0.364 e. The SMILES string of the molecule is NC(=O)c1nn(-c2ccc(S(N)(=O)=O)cc2)c2c1CCc1ccc(NS(=O)(=O)c3ccc(Cl)cc3Cl)cc1-2. The second-order valence-electron chi connectivity index (χ2n) is 8.54. The Morgan fingerprint density at radius 3 is 2.29 bits per heavy atom. The number of primary sulfonamides is 1. The molecule has 0 fully saturated rings. The number of amides is 1. The lowest BCUT2D eigenvalue weighted by atomic mass is 9.88. The molecule has 3 aromatic carbocycles. The number of nitrogens with zero attached hydrogens (tertiary/aromatic N) is 2. The van der Waals surface area contributed by atoms with Crippen LogP contribution in [0.1, 0.15) is 21.6 Å². The zero-order valence-corrected chi connectivity index (χ0v) is 22.5. The number of nitrogens with one attached hydrogen (secondary N) is 1. The summed E-state index contributed by atoms with van der Waals surface area (Å²) >= 11 is 12.0. The van der Waals surface area contributed by atoms with Crippen LogP contribution in [0.5, 0.6) is 0 Å². The van der Waals surface area contributed by atoms with Crippen molar-refractivity contribution in [3.05, 3.63) is 87.5 Å². The number of carbonyl (C=O) groups is 1. The molecule has 196 valence electrons. The monoisotopic (exact) mass is 591 g/mol. The zero-order chi connectivity index (χ0) is 27.4. The van der Waals surface area contributed by atoms with E-state index in [9.17, 15) is 21.6 Å². The number of anilines is 1. The molecular formula is C24H19Cl2N5O5S2. The van der Waals surface area contributed by atoms with Crippen molar-refractivity contribution < 1.29 is 21.6 Å². The quantitative estimate of drug-likeness (QED) is 0.310. The van der Waals surface area contributed by atoms with Crippen molar-refractivity contribution in [2.75, 3.05) is 4.72 Å². The molecule has 10 nitrogen and oxygen atoms in total. The van der Waals surface area contributed by atoms with E-state index in [0.717, 1.165) is 5.56 Å². The summed E-state index contributed by atoms with van der Waals surface area (Å²) in [7, 11) is -7.97. The molecule has 0 spiro atoms. The summed E-state index contributed by atoms with van der Waals surface area (Å²) in [6, 6.07) is 14.8. The highest BCUT2D eigenvalue weighted by Crippen LogP contribution is 2.39. The fourth-order valence-corrected chi connectivity index (χ4v) is 6.71. The van der Waals surface area contributed by atoms with Crippen molar-refractivity contribution in [2.24, 2.45) is 10.9 Å². The highest BCUT2D eigenvalue weighted by molar-refractivity contribution is 7.92. The Morgan fingerprint density at radius 2 is 1.66 bits per heavy atom. The number of primary amides is 1. The first-order chi connectivity index (χ1) is 17.8. The maximum absolute atomic E-state index is 13.1. The van der Waals surface area contributed by atoms with E-state index in [4.69, 9.17) is 34.1 Å². The van der Waals surface area contributed by atoms with Crippen molar-refractivity contribution in [2.45, 2.75) is 22.6 Å². The molecule has 4 aromatic rings. The van der Waals surface area contributed by atoms with Crippen molar-refractivity contribution in [1.82, 2.24) is 9.78 Å². The minimum absolute atomic E-state index is 0.0302. The first-order valence-electron chi connectivity index (χ1n) is 11.0. The van der Waals surface area contributed by atoms with Crippen LogP contribution in [0.3, 0.4) is 0 Å². The molecule has 1 aromatic heterocycles. The van der Waals surface area contributed by atoms with Crippen LogP contribution in [0.15, 0.2) is 70.5 Å². The summed E-state index contributed by atoms with van der Waals surface area (Å²) < 4.78 is 53.5. The maximum Gasteiger partial charge on any atom is 0.269 e. The first kappa shape index (κ1) is 26.2. The van der Waals surface area contributed by atoms with Crippen LogP contribution in [0.25, 0.3) is 16.9 Å². The molecule has 0 radical (unpaired) electrons. The number of hydrogen-bond donors (Lipinski definition) is 3. The van der Waals surface area contributed by atoms with E-state index in [0.29, 0.717) is 40.4 Å². The van der Waals surface area contributed by atoms with Gasteiger partial charge in [0.15, 0.2) is 5.69 Å². The number of halogens is 2. The van der Waals surface area contributed by atoms with E-state index in [2.05, 4.69) is 9.82 Å². The summed E-state index contributed by atoms with van der Waals surface area (Å²) in [5.41, 5.74) is 9.04. The Morgan fingerprint density at radius 1 is 0.947 bits per heavy atom. The molecule has 38 heavy (non-hydrogen) atoms. The molecule has 0 bridgehead atoms. The van der Waals surface area contributed by atoms with E-state index in [1.54, 1.807) is 18.2 Å². The smallest absolute Gasteiger partial charge is 0.269 e. The van der Waals surface area contributed by atoms with Gasteiger partial charge in [0.25, 0.3) is 15.9 Å². The lowest BCUT2D eigenvalue weighted by Crippen LogP contribution is -2.16. The molecule has 0 saturated heterocycles. The van der Waals surface area contributed by atoms with Gasteiger partial charge in [-0.25, -0.2) is 26.7 Å². The van der Waals surface area contributed by atoms with Crippen molar-refractivity contribution in [3.63, 3.8) is 0 Å². The molecule has 1 heterocycles. The number of fused-ring (bicyclic) bond motifs is 3. The molecule has 5 N–H and O–H groups in total. The van der Waals surface area contributed by atoms with E-state index < -0.39 is 26.0 Å². The van der Waals surface area contributed by atoms with Gasteiger partial charge in [0, 0.05) is 21.8 Å². The fourth-order valence-electron chi connectivity index (χ4n) is 4.37. The normalized spacial score (nSPS) is 13.0. The van der Waals surface area contributed by atoms with Gasteiger partial charge in [-0.15, -0.1) is 0 Å². The van der Waals surface area contributed by atoms with Crippen LogP contribution in [0, 0.1) is 0 Å². The van der Waals surface area contributed by atoms with Crippen molar-refractivity contribution in [1.29, 1.82) is 0 Å². The minimum atomic E-state index is -4.06. The number of nitrogens with two attached hydrogens (primary N) is 2. The van der Waals surface area contributed by atoms with Gasteiger partial charge in [0.2, 0.25) is 10.0 Å². The summed E-state index contributed by atoms with van der Waals surface area (Å²) in [6.07, 6.45) is 1.04. The number of aromatic nitrogens is 2. The van der Waals surface area contributed by atoms with E-state index >= 15 is 0 Å². The maximum atomic E-state index is 13.1. The number of rotatable bonds is 6. The van der Waals surface area contributed by atoms with Crippen LogP contribution < -0.4 is 15.6 Å². The Hall–Kier alpha value is -3.42. The number of hydrogen-bond acceptors (Lipinski definition) is 6. The summed E-state index contributed by atoms with van der Waals surface area (Å²) in [5, 5.41) is 9.89. The predicted molar refractivity (Wildman–Crippen MR) is 144 cm³/mol. The zero-order valence-electron chi connectivity index (χ0n) is 19.4. The lowest BCUT2D eigenvalue weighted by molar-refractivity contribution is 0.0994. The second kappa shape index (κ2) is 9.40. The van der Waals surface area contributed by atoms with E-state index in [-0.39, 0.29) is 26.2 Å². The number of benzene rings is 3. The average Bonchev–Trinajstić information content (AvgIpc) is 3.24. The number of sulfonamides is 2. The topological polar surface area (TPSA) is 167 Å². The number of aryl methyl sites for hydroxylation is 1. The van der Waals surface area contributed by atoms with Gasteiger partial charge < -0.3 is 5.73 Å². The van der Waals surface area contributed by atoms with Crippen LogP contribution in [-0.2, 0) is 32.9 Å². The van der Waals surface area contributed by atoms with Crippen LogP contribution in [0.4, 0.5) is 5.69 Å². The molecule has 0 atom stereocenters. The summed E-state index contributed by atoms with van der Waals surface area (Å²) in [4.78, 5) is 12.0. The third kappa shape index (κ3) is 4.76. The minimum Gasteiger partial charge on any atom is -0.364 e. The highest BCUT2D eigenvalue weighted by Gasteiger charge is 2.29. The van der Waals surface area contributed by atoms with Gasteiger partial charge in [-0.3, -0.25) is 9.52 Å². The summed E-state index contributed by atoms with van der Waals surface area (Å²) in [5.74, 6) is -0.723. The van der Waals surface area contributed by atoms with Crippen LogP contribution in [-0.4, -0.2) is 32.5 Å². The van der Waals surface area contributed by atoms with E-state index in [1.165, 1.54) is 47.1 Å². The van der Waals surface area contributed by atoms with E-state index in [1.807, 2.05) is 0 Å². The number of carbonyl (C=O) groups excluding carboxylic acids is 1. The van der Waals surface area contributed by atoms with Crippen LogP contribution >= 0.6 is 23.2 Å². The Balaban J connectivity index is 1.62. The molecule has 0 unspecified atom stereocenters. The third-order valence-corrected chi connectivity index (χ3v) is 9.10. The molecule has 5 rings (SSSR count). The van der Waals surface area contributed by atoms with Crippen LogP contribution in [0.2, 0.25) is 10.0 Å². The molecular weight excluding hydrogens is 573 g/mol. The standard InChI is InChI=1S/C24H19Cl2N5O5S2/c25-14-3-10-21(20(26)11-14)38(35,36)30-15-4-1-13-2-9-18-22(24(27)32)29-31(23(18)19(13)12-15)16-5-7-17(8-6-16)37(28,33)34/h1,3-8,10-12,30H,2,9H2,(H2,27,32)(H2,28,33,34). The van der Waals surface area contributed by atoms with Gasteiger partial charge in [-0.2, -0.15) is 5.10 Å². The molecule has 14 heteroatoms. The average molecular weight is 592 g/mol. The lowest BCUT2D eigenvalue weighted by Gasteiger charge is -2.20. The third-order valence-electron chi connectivity index (χ3n) is 6.07. The van der Waals surface area contributed by atoms with Crippen molar-refractivity contribution in [3.8, 4) is 16.9 Å². The van der Waals surface area contributed by atoms with Gasteiger partial charge >= 0.3 is 0 Å². The Kier molecular flexibility index (Phi) is 6.48. The van der Waals surface area contributed by atoms with Gasteiger partial charge in [-0.1, -0.05) is 29.3 Å². The predicted octanol–water partition coefficient (Wildman–Crippen LogP) is 3.49.